The lowest BCUT2D eigenvalue weighted by Crippen LogP contribution is -2.42. The molecule has 29 heavy (non-hydrogen) atoms. The molecule has 1 aliphatic carbocycles. The van der Waals surface area contributed by atoms with Crippen molar-refractivity contribution in [3.05, 3.63) is 83.7 Å². The number of hydrogen-bond acceptors (Lipinski definition) is 3. The number of carbonyl (C=O) groups is 2. The highest BCUT2D eigenvalue weighted by Gasteiger charge is 2.29. The van der Waals surface area contributed by atoms with E-state index in [9.17, 15) is 14.7 Å². The number of nitrogens with zero attached hydrogens (tertiary/aromatic N) is 1. The minimum absolute atomic E-state index is 0.0643. The third kappa shape index (κ3) is 3.87. The smallest absolute Gasteiger partial charge is 0.407 e. The summed E-state index contributed by atoms with van der Waals surface area (Å²) < 4.78 is 7.28. The summed E-state index contributed by atoms with van der Waals surface area (Å²) >= 11 is 0. The summed E-state index contributed by atoms with van der Waals surface area (Å²) in [5, 5.41) is 11.9. The molecule has 0 saturated carbocycles. The van der Waals surface area contributed by atoms with Gasteiger partial charge in [-0.1, -0.05) is 48.5 Å². The number of carboxylic acid groups (broad SMARTS) is 1. The molecule has 1 aliphatic rings. The number of amides is 1. The first-order valence-electron chi connectivity index (χ1n) is 9.48. The van der Waals surface area contributed by atoms with E-state index in [1.165, 1.54) is 0 Å². The fourth-order valence-electron chi connectivity index (χ4n) is 3.90. The van der Waals surface area contributed by atoms with Gasteiger partial charge in [0.15, 0.2) is 0 Å². The van der Waals surface area contributed by atoms with Gasteiger partial charge in [-0.05, 0) is 33.9 Å². The topological polar surface area (TPSA) is 80.6 Å². The summed E-state index contributed by atoms with van der Waals surface area (Å²) in [6.45, 7) is 0.150. The quantitative estimate of drug-likeness (QED) is 0.674. The minimum Gasteiger partial charge on any atom is -0.480 e. The zero-order valence-corrected chi connectivity index (χ0v) is 16.0. The van der Waals surface area contributed by atoms with Gasteiger partial charge in [-0.2, -0.15) is 0 Å². The monoisotopic (exact) mass is 390 g/mol. The number of benzene rings is 2. The highest BCUT2D eigenvalue weighted by atomic mass is 16.5. The number of carbonyl (C=O) groups excluding carboxylic acids is 1. The second-order valence-corrected chi connectivity index (χ2v) is 7.25. The van der Waals surface area contributed by atoms with Crippen LogP contribution in [0.4, 0.5) is 4.79 Å². The first kappa shape index (κ1) is 18.8. The highest BCUT2D eigenvalue weighted by molar-refractivity contribution is 5.81. The van der Waals surface area contributed by atoms with E-state index >= 15 is 0 Å². The molecule has 1 unspecified atom stereocenters. The first-order valence-corrected chi connectivity index (χ1v) is 9.48. The van der Waals surface area contributed by atoms with Crippen LogP contribution < -0.4 is 5.32 Å². The van der Waals surface area contributed by atoms with Crippen molar-refractivity contribution < 1.29 is 19.4 Å². The molecule has 0 radical (unpaired) electrons. The molecule has 0 aliphatic heterocycles. The van der Waals surface area contributed by atoms with Crippen LogP contribution in [0, 0.1) is 0 Å². The number of carboxylic acids is 1. The van der Waals surface area contributed by atoms with Gasteiger partial charge in [0, 0.05) is 31.8 Å². The van der Waals surface area contributed by atoms with Crippen LogP contribution in [0.15, 0.2) is 67.0 Å². The molecule has 1 amide bonds. The molecule has 1 atom stereocenters. The van der Waals surface area contributed by atoms with Gasteiger partial charge in [-0.15, -0.1) is 0 Å². The van der Waals surface area contributed by atoms with Crippen molar-refractivity contribution in [2.24, 2.45) is 7.05 Å². The number of nitrogens with one attached hydrogen (secondary N) is 1. The number of ether oxygens (including phenoxy) is 1. The van der Waals surface area contributed by atoms with Gasteiger partial charge in [0.2, 0.25) is 0 Å². The lowest BCUT2D eigenvalue weighted by molar-refractivity contribution is -0.139. The van der Waals surface area contributed by atoms with Crippen molar-refractivity contribution in [2.45, 2.75) is 18.4 Å². The van der Waals surface area contributed by atoms with E-state index in [0.717, 1.165) is 27.8 Å². The van der Waals surface area contributed by atoms with E-state index in [0.29, 0.717) is 0 Å². The predicted molar refractivity (Wildman–Crippen MR) is 109 cm³/mol. The van der Waals surface area contributed by atoms with Gasteiger partial charge in [-0.3, -0.25) is 0 Å². The van der Waals surface area contributed by atoms with Gasteiger partial charge in [0.05, 0.1) is 0 Å². The third-order valence-corrected chi connectivity index (χ3v) is 5.27. The summed E-state index contributed by atoms with van der Waals surface area (Å²) in [4.78, 5) is 23.9. The van der Waals surface area contributed by atoms with Crippen LogP contribution in [-0.4, -0.2) is 34.4 Å². The van der Waals surface area contributed by atoms with Crippen molar-refractivity contribution in [1.82, 2.24) is 9.88 Å². The lowest BCUT2D eigenvalue weighted by atomic mass is 9.98. The lowest BCUT2D eigenvalue weighted by Gasteiger charge is -2.17. The summed E-state index contributed by atoms with van der Waals surface area (Å²) in [5.41, 5.74) is 5.34. The molecule has 0 fully saturated rings. The number of aryl methyl sites for hydroxylation is 1. The van der Waals surface area contributed by atoms with Gasteiger partial charge in [0.1, 0.15) is 12.6 Å². The fourth-order valence-corrected chi connectivity index (χ4v) is 3.90. The Labute approximate surface area is 168 Å². The van der Waals surface area contributed by atoms with Crippen LogP contribution in [-0.2, 0) is 23.0 Å². The molecule has 148 valence electrons. The summed E-state index contributed by atoms with van der Waals surface area (Å²) in [6, 6.07) is 16.9. The average molecular weight is 390 g/mol. The van der Waals surface area contributed by atoms with Crippen LogP contribution in [0.3, 0.4) is 0 Å². The molecular formula is C23H22N2O4. The Balaban J connectivity index is 1.43. The normalized spacial score (nSPS) is 13.4. The van der Waals surface area contributed by atoms with Crippen molar-refractivity contribution >= 4 is 12.1 Å². The molecule has 0 saturated heterocycles. The number of alkyl carbamates (subject to hydrolysis) is 1. The second-order valence-electron chi connectivity index (χ2n) is 7.25. The molecule has 4 rings (SSSR count). The number of fused-ring (bicyclic) bond motifs is 3. The Kier molecular flexibility index (Phi) is 5.08. The molecule has 0 spiro atoms. The maximum Gasteiger partial charge on any atom is 0.407 e. The standard InChI is InChI=1S/C23H22N2O4/c1-25-11-10-15(13-25)12-21(22(26)27)24-23(28)29-14-20-18-8-4-2-6-16(18)17-7-3-5-9-19(17)20/h2-11,13,20-21H,12,14H2,1H3,(H,24,28)(H,26,27). The van der Waals surface area contributed by atoms with E-state index in [2.05, 4.69) is 17.4 Å². The maximum atomic E-state index is 12.3. The largest absolute Gasteiger partial charge is 0.480 e. The molecule has 2 aromatic carbocycles. The maximum absolute atomic E-state index is 12.3. The Hall–Kier alpha value is -3.54. The van der Waals surface area contributed by atoms with Gasteiger partial charge < -0.3 is 19.7 Å². The SMILES string of the molecule is Cn1ccc(CC(NC(=O)OCC2c3ccccc3-c3ccccc32)C(=O)O)c1. The third-order valence-electron chi connectivity index (χ3n) is 5.27. The summed E-state index contributed by atoms with van der Waals surface area (Å²) in [7, 11) is 1.86. The summed E-state index contributed by atoms with van der Waals surface area (Å²) in [5.74, 6) is -1.16. The Morgan fingerprint density at radius 1 is 1.07 bits per heavy atom. The molecule has 6 nitrogen and oxygen atoms in total. The summed E-state index contributed by atoms with van der Waals surface area (Å²) in [6.07, 6.45) is 3.13. The van der Waals surface area contributed by atoms with E-state index in [1.807, 2.05) is 66.5 Å². The van der Waals surface area contributed by atoms with Crippen LogP contribution in [0.1, 0.15) is 22.6 Å². The van der Waals surface area contributed by atoms with Crippen LogP contribution in [0.2, 0.25) is 0 Å². The van der Waals surface area contributed by atoms with Crippen molar-refractivity contribution in [2.75, 3.05) is 6.61 Å². The number of aromatic nitrogens is 1. The zero-order chi connectivity index (χ0) is 20.4. The number of aliphatic carboxylic acids is 1. The zero-order valence-electron chi connectivity index (χ0n) is 16.0. The van der Waals surface area contributed by atoms with Gasteiger partial charge in [-0.25, -0.2) is 9.59 Å². The van der Waals surface area contributed by atoms with E-state index in [4.69, 9.17) is 4.74 Å². The van der Waals surface area contributed by atoms with Crippen molar-refractivity contribution in [3.8, 4) is 11.1 Å². The molecule has 1 aromatic heterocycles. The molecule has 2 N–H and O–H groups in total. The second kappa shape index (κ2) is 7.83. The van der Waals surface area contributed by atoms with Crippen LogP contribution >= 0.6 is 0 Å². The Morgan fingerprint density at radius 3 is 2.24 bits per heavy atom. The average Bonchev–Trinajstić information content (AvgIpc) is 3.27. The molecular weight excluding hydrogens is 368 g/mol. The van der Waals surface area contributed by atoms with Crippen LogP contribution in [0.25, 0.3) is 11.1 Å². The van der Waals surface area contributed by atoms with Crippen LogP contribution in [0.5, 0.6) is 0 Å². The Bertz CT molecular complexity index is 1010. The van der Waals surface area contributed by atoms with E-state index < -0.39 is 18.1 Å². The Morgan fingerprint density at radius 2 is 1.69 bits per heavy atom. The number of rotatable bonds is 6. The predicted octanol–water partition coefficient (Wildman–Crippen LogP) is 3.56. The van der Waals surface area contributed by atoms with Gasteiger partial charge in [0.25, 0.3) is 0 Å². The van der Waals surface area contributed by atoms with Gasteiger partial charge >= 0.3 is 12.1 Å². The molecule has 6 heteroatoms. The molecule has 3 aromatic rings. The molecule has 1 heterocycles. The first-order chi connectivity index (χ1) is 14.0. The van der Waals surface area contributed by atoms with E-state index in [1.54, 1.807) is 0 Å². The van der Waals surface area contributed by atoms with E-state index in [-0.39, 0.29) is 18.9 Å². The molecule has 0 bridgehead atoms. The fraction of sp³-hybridized carbons (Fsp3) is 0.217. The van der Waals surface area contributed by atoms with Crippen molar-refractivity contribution in [3.63, 3.8) is 0 Å². The van der Waals surface area contributed by atoms with Crippen molar-refractivity contribution in [1.29, 1.82) is 0 Å². The minimum atomic E-state index is -1.10. The number of hydrogen-bond donors (Lipinski definition) is 2. The highest BCUT2D eigenvalue weighted by Crippen LogP contribution is 2.44.